The number of benzene rings is 1. The zero-order chi connectivity index (χ0) is 17.1. The van der Waals surface area contributed by atoms with Crippen LogP contribution in [0.1, 0.15) is 24.2 Å². The Hall–Kier alpha value is -1.95. The number of carbonyl (C=O) groups is 2. The van der Waals surface area contributed by atoms with Crippen LogP contribution in [0.2, 0.25) is 5.02 Å². The maximum atomic E-state index is 12.7. The first-order valence-electron chi connectivity index (χ1n) is 7.47. The Bertz CT molecular complexity index is 620. The predicted octanol–water partition coefficient (Wildman–Crippen LogP) is 1.94. The van der Waals surface area contributed by atoms with Crippen molar-refractivity contribution in [2.45, 2.75) is 13.8 Å². The van der Waals surface area contributed by atoms with Crippen molar-refractivity contribution in [3.63, 3.8) is 0 Å². The summed E-state index contributed by atoms with van der Waals surface area (Å²) in [5.74, 6) is -0.0473. The quantitative estimate of drug-likeness (QED) is 0.888. The number of carbonyl (C=O) groups excluding carboxylic acids is 2. The van der Waals surface area contributed by atoms with E-state index in [0.717, 1.165) is 0 Å². The van der Waals surface area contributed by atoms with Crippen LogP contribution < -0.4 is 15.2 Å². The number of halogens is 1. The highest BCUT2D eigenvalue weighted by molar-refractivity contribution is 6.32. The molecule has 1 aromatic rings. The summed E-state index contributed by atoms with van der Waals surface area (Å²) in [6.07, 6.45) is 0. The Morgan fingerprint density at radius 3 is 2.61 bits per heavy atom. The van der Waals surface area contributed by atoms with E-state index in [0.29, 0.717) is 41.8 Å². The summed E-state index contributed by atoms with van der Waals surface area (Å²) in [5, 5.41) is 0.313. The Balaban J connectivity index is 2.27. The molecule has 2 N–H and O–H groups in total. The minimum atomic E-state index is -0.380. The van der Waals surface area contributed by atoms with Crippen molar-refractivity contribution in [1.82, 2.24) is 4.90 Å². The van der Waals surface area contributed by atoms with Gasteiger partial charge in [-0.25, -0.2) is 0 Å². The Morgan fingerprint density at radius 1 is 1.39 bits per heavy atom. The molecule has 2 atom stereocenters. The molecule has 2 amide bonds. The van der Waals surface area contributed by atoms with Crippen LogP contribution in [-0.2, 0) is 4.79 Å². The van der Waals surface area contributed by atoms with Crippen LogP contribution in [0.15, 0.2) is 12.1 Å². The van der Waals surface area contributed by atoms with Gasteiger partial charge >= 0.3 is 0 Å². The van der Waals surface area contributed by atoms with Gasteiger partial charge in [-0.2, -0.15) is 0 Å². The monoisotopic (exact) mass is 340 g/mol. The van der Waals surface area contributed by atoms with E-state index in [4.69, 9.17) is 26.8 Å². The first kappa shape index (κ1) is 17.4. The van der Waals surface area contributed by atoms with Crippen LogP contribution in [0.5, 0.6) is 11.5 Å². The van der Waals surface area contributed by atoms with Crippen LogP contribution in [-0.4, -0.2) is 43.5 Å². The highest BCUT2D eigenvalue weighted by atomic mass is 35.5. The molecule has 6 nitrogen and oxygen atoms in total. The van der Waals surface area contributed by atoms with E-state index in [1.165, 1.54) is 7.11 Å². The molecular weight excluding hydrogens is 320 g/mol. The predicted molar refractivity (Wildman–Crippen MR) is 86.9 cm³/mol. The van der Waals surface area contributed by atoms with Crippen molar-refractivity contribution in [1.29, 1.82) is 0 Å². The molecule has 1 saturated heterocycles. The van der Waals surface area contributed by atoms with Crippen LogP contribution in [0.3, 0.4) is 0 Å². The Labute approximate surface area is 140 Å². The van der Waals surface area contributed by atoms with Gasteiger partial charge in [0.05, 0.1) is 24.7 Å². The number of methoxy groups -OCH3 is 1. The number of nitrogens with zero attached hydrogens (tertiary/aromatic N) is 1. The van der Waals surface area contributed by atoms with Gasteiger partial charge in [-0.1, -0.05) is 18.5 Å². The van der Waals surface area contributed by atoms with Crippen LogP contribution in [0.25, 0.3) is 0 Å². The molecule has 23 heavy (non-hydrogen) atoms. The number of hydrogen-bond donors (Lipinski definition) is 1. The van der Waals surface area contributed by atoms with Crippen molar-refractivity contribution < 1.29 is 19.1 Å². The fourth-order valence-corrected chi connectivity index (χ4v) is 3.08. The molecule has 1 aliphatic heterocycles. The van der Waals surface area contributed by atoms with E-state index < -0.39 is 0 Å². The lowest BCUT2D eigenvalue weighted by Gasteiger charge is -2.18. The van der Waals surface area contributed by atoms with Crippen molar-refractivity contribution >= 4 is 23.4 Å². The highest BCUT2D eigenvalue weighted by Crippen LogP contribution is 2.37. The second kappa shape index (κ2) is 7.08. The lowest BCUT2D eigenvalue weighted by Crippen LogP contribution is -2.32. The molecule has 1 aliphatic rings. The van der Waals surface area contributed by atoms with E-state index in [-0.39, 0.29) is 23.7 Å². The van der Waals surface area contributed by atoms with Gasteiger partial charge in [0.2, 0.25) is 5.91 Å². The highest BCUT2D eigenvalue weighted by Gasteiger charge is 2.36. The maximum absolute atomic E-state index is 12.7. The lowest BCUT2D eigenvalue weighted by molar-refractivity contribution is -0.122. The molecule has 7 heteroatoms. The Morgan fingerprint density at radius 2 is 2.09 bits per heavy atom. The average molecular weight is 341 g/mol. The normalized spacial score (nSPS) is 20.4. The molecule has 126 valence electrons. The molecule has 0 saturated carbocycles. The van der Waals surface area contributed by atoms with Crippen LogP contribution in [0.4, 0.5) is 0 Å². The van der Waals surface area contributed by atoms with Crippen LogP contribution >= 0.6 is 11.6 Å². The van der Waals surface area contributed by atoms with Crippen molar-refractivity contribution in [3.05, 3.63) is 22.7 Å². The number of nitrogens with two attached hydrogens (primary N) is 1. The van der Waals surface area contributed by atoms with E-state index in [1.54, 1.807) is 17.0 Å². The summed E-state index contributed by atoms with van der Waals surface area (Å²) >= 11 is 6.20. The number of primary amides is 1. The molecule has 1 heterocycles. The average Bonchev–Trinajstić information content (AvgIpc) is 2.90. The summed E-state index contributed by atoms with van der Waals surface area (Å²) < 4.78 is 10.7. The maximum Gasteiger partial charge on any atom is 0.254 e. The van der Waals surface area contributed by atoms with Gasteiger partial charge in [0.1, 0.15) is 0 Å². The van der Waals surface area contributed by atoms with Gasteiger partial charge in [0, 0.05) is 18.7 Å². The van der Waals surface area contributed by atoms with Gasteiger partial charge < -0.3 is 20.1 Å². The standard InChI is InChI=1S/C16H21ClN2O4/c1-4-23-14-12(17)5-10(6-13(14)22-3)16(21)19-7-9(2)11(8-19)15(18)20/h5-6,9,11H,4,7-8H2,1-3H3,(H2,18,20)/t9-,11-/m1/s1. The third kappa shape index (κ3) is 3.52. The molecule has 0 aromatic heterocycles. The summed E-state index contributed by atoms with van der Waals surface area (Å²) in [7, 11) is 1.49. The Kier molecular flexibility index (Phi) is 5.36. The molecule has 1 aromatic carbocycles. The van der Waals surface area contributed by atoms with Gasteiger partial charge in [-0.05, 0) is 25.0 Å². The molecule has 0 bridgehead atoms. The summed E-state index contributed by atoms with van der Waals surface area (Å²) in [6.45, 7) is 4.99. The second-order valence-corrected chi connectivity index (χ2v) is 6.03. The zero-order valence-corrected chi connectivity index (χ0v) is 14.2. The van der Waals surface area contributed by atoms with Crippen molar-refractivity contribution in [3.8, 4) is 11.5 Å². The summed E-state index contributed by atoms with van der Waals surface area (Å²) in [5.41, 5.74) is 5.77. The molecular formula is C16H21ClN2O4. The number of hydrogen-bond acceptors (Lipinski definition) is 4. The van der Waals surface area contributed by atoms with E-state index in [1.807, 2.05) is 13.8 Å². The number of likely N-dealkylation sites (tertiary alicyclic amines) is 1. The van der Waals surface area contributed by atoms with Gasteiger partial charge in [-0.3, -0.25) is 9.59 Å². The SMILES string of the molecule is CCOc1c(Cl)cc(C(=O)N2C[C@@H](C)[C@H](C(N)=O)C2)cc1OC. The zero-order valence-electron chi connectivity index (χ0n) is 13.5. The number of ether oxygens (including phenoxy) is 2. The van der Waals surface area contributed by atoms with Gasteiger partial charge in [-0.15, -0.1) is 0 Å². The molecule has 1 fully saturated rings. The molecule has 0 spiro atoms. The first-order valence-corrected chi connectivity index (χ1v) is 7.85. The largest absolute Gasteiger partial charge is 0.493 e. The summed E-state index contributed by atoms with van der Waals surface area (Å²) in [6, 6.07) is 3.15. The lowest BCUT2D eigenvalue weighted by atomic mass is 9.98. The van der Waals surface area contributed by atoms with E-state index in [9.17, 15) is 9.59 Å². The fraction of sp³-hybridized carbons (Fsp3) is 0.500. The van der Waals surface area contributed by atoms with Crippen molar-refractivity contribution in [2.24, 2.45) is 17.6 Å². The van der Waals surface area contributed by atoms with E-state index >= 15 is 0 Å². The first-order chi connectivity index (χ1) is 10.9. The minimum absolute atomic E-state index is 0.0384. The number of rotatable bonds is 5. The van der Waals surface area contributed by atoms with Gasteiger partial charge in [0.25, 0.3) is 5.91 Å². The molecule has 0 aliphatic carbocycles. The minimum Gasteiger partial charge on any atom is -0.493 e. The molecule has 0 unspecified atom stereocenters. The second-order valence-electron chi connectivity index (χ2n) is 5.62. The fourth-order valence-electron chi connectivity index (χ4n) is 2.81. The van der Waals surface area contributed by atoms with Gasteiger partial charge in [0.15, 0.2) is 11.5 Å². The van der Waals surface area contributed by atoms with Crippen molar-refractivity contribution in [2.75, 3.05) is 26.8 Å². The summed E-state index contributed by atoms with van der Waals surface area (Å²) in [4.78, 5) is 25.7. The van der Waals surface area contributed by atoms with Crippen LogP contribution in [0, 0.1) is 11.8 Å². The molecule has 0 radical (unpaired) electrons. The smallest absolute Gasteiger partial charge is 0.254 e. The third-order valence-electron chi connectivity index (χ3n) is 4.03. The third-order valence-corrected chi connectivity index (χ3v) is 4.31. The number of amides is 2. The van der Waals surface area contributed by atoms with E-state index in [2.05, 4.69) is 0 Å². The molecule has 2 rings (SSSR count). The topological polar surface area (TPSA) is 81.9 Å².